The van der Waals surface area contributed by atoms with Gasteiger partial charge in [0.2, 0.25) is 0 Å². The Morgan fingerprint density at radius 1 is 0.606 bits per heavy atom. The molecular weight excluding hydrogens is 414 g/mol. The number of anilines is 3. The van der Waals surface area contributed by atoms with Crippen LogP contribution in [0.3, 0.4) is 0 Å². The highest BCUT2D eigenvalue weighted by Gasteiger charge is 2.19. The molecule has 0 bridgehead atoms. The molecule has 4 aromatic rings. The molecule has 4 rings (SSSR count). The molecule has 0 radical (unpaired) electrons. The number of ether oxygens (including phenoxy) is 1. The second kappa shape index (κ2) is 8.79. The SMILES string of the molecule is Cc1ccc(Oc2ccc(N(c3cccc(O)c3C)c3cccc(O)c3C)cc2)c(C)c1O. The van der Waals surface area contributed by atoms with Crippen molar-refractivity contribution in [2.24, 2.45) is 0 Å². The first-order valence-electron chi connectivity index (χ1n) is 10.7. The summed E-state index contributed by atoms with van der Waals surface area (Å²) in [6.45, 7) is 7.39. The highest BCUT2D eigenvalue weighted by molar-refractivity contribution is 5.82. The van der Waals surface area contributed by atoms with Crippen LogP contribution in [0.15, 0.2) is 72.8 Å². The van der Waals surface area contributed by atoms with Crippen LogP contribution in [0.2, 0.25) is 0 Å². The third-order valence-corrected chi connectivity index (χ3v) is 5.94. The van der Waals surface area contributed by atoms with Gasteiger partial charge >= 0.3 is 0 Å². The molecule has 0 saturated heterocycles. The second-order valence-electron chi connectivity index (χ2n) is 8.13. The van der Waals surface area contributed by atoms with E-state index in [4.69, 9.17) is 4.74 Å². The lowest BCUT2D eigenvalue weighted by molar-refractivity contribution is 0.445. The summed E-state index contributed by atoms with van der Waals surface area (Å²) in [5.74, 6) is 1.85. The number of aromatic hydroxyl groups is 3. The van der Waals surface area contributed by atoms with E-state index < -0.39 is 0 Å². The summed E-state index contributed by atoms with van der Waals surface area (Å²) in [5, 5.41) is 30.9. The number of phenols is 3. The van der Waals surface area contributed by atoms with Gasteiger partial charge in [-0.2, -0.15) is 0 Å². The number of nitrogens with zero attached hydrogens (tertiary/aromatic N) is 1. The molecule has 0 heterocycles. The largest absolute Gasteiger partial charge is 0.508 e. The Kier molecular flexibility index (Phi) is 5.88. The lowest BCUT2D eigenvalue weighted by atomic mass is 10.1. The van der Waals surface area contributed by atoms with E-state index >= 15 is 0 Å². The van der Waals surface area contributed by atoms with E-state index in [1.165, 1.54) is 0 Å². The molecule has 0 aromatic heterocycles. The molecule has 0 saturated carbocycles. The van der Waals surface area contributed by atoms with E-state index in [1.54, 1.807) is 24.3 Å². The molecular formula is C28H27NO4. The maximum absolute atomic E-state index is 10.3. The molecule has 0 aliphatic rings. The van der Waals surface area contributed by atoms with Gasteiger partial charge in [0.15, 0.2) is 0 Å². The third kappa shape index (κ3) is 4.17. The van der Waals surface area contributed by atoms with Crippen LogP contribution >= 0.6 is 0 Å². The summed E-state index contributed by atoms with van der Waals surface area (Å²) in [7, 11) is 0. The van der Waals surface area contributed by atoms with Crippen LogP contribution in [-0.4, -0.2) is 15.3 Å². The first-order valence-corrected chi connectivity index (χ1v) is 10.7. The smallest absolute Gasteiger partial charge is 0.134 e. The first-order chi connectivity index (χ1) is 15.8. The quantitative estimate of drug-likeness (QED) is 0.303. The minimum absolute atomic E-state index is 0.199. The Morgan fingerprint density at radius 3 is 1.70 bits per heavy atom. The molecule has 168 valence electrons. The minimum atomic E-state index is 0.199. The zero-order valence-electron chi connectivity index (χ0n) is 19.1. The molecule has 0 aliphatic heterocycles. The number of hydrogen-bond donors (Lipinski definition) is 3. The maximum atomic E-state index is 10.3. The average Bonchev–Trinajstić information content (AvgIpc) is 2.81. The second-order valence-corrected chi connectivity index (χ2v) is 8.13. The Labute approximate surface area is 193 Å². The van der Waals surface area contributed by atoms with Crippen molar-refractivity contribution in [3.63, 3.8) is 0 Å². The van der Waals surface area contributed by atoms with E-state index in [1.807, 2.05) is 81.1 Å². The topological polar surface area (TPSA) is 73.2 Å². The molecule has 33 heavy (non-hydrogen) atoms. The summed E-state index contributed by atoms with van der Waals surface area (Å²) in [5.41, 5.74) is 5.39. The van der Waals surface area contributed by atoms with Crippen molar-refractivity contribution >= 4 is 17.1 Å². The van der Waals surface area contributed by atoms with Gasteiger partial charge in [-0.3, -0.25) is 0 Å². The van der Waals surface area contributed by atoms with Crippen molar-refractivity contribution in [2.75, 3.05) is 4.90 Å². The predicted octanol–water partition coefficient (Wildman–Crippen LogP) is 7.30. The number of rotatable bonds is 5. The highest BCUT2D eigenvalue weighted by Crippen LogP contribution is 2.42. The molecule has 0 spiro atoms. The van der Waals surface area contributed by atoms with Crippen molar-refractivity contribution in [1.29, 1.82) is 0 Å². The van der Waals surface area contributed by atoms with E-state index in [0.717, 1.165) is 33.8 Å². The van der Waals surface area contributed by atoms with Gasteiger partial charge < -0.3 is 25.0 Å². The predicted molar refractivity (Wildman–Crippen MR) is 132 cm³/mol. The van der Waals surface area contributed by atoms with Crippen LogP contribution in [0.5, 0.6) is 28.7 Å². The zero-order valence-corrected chi connectivity index (χ0v) is 19.1. The fourth-order valence-electron chi connectivity index (χ4n) is 3.83. The Balaban J connectivity index is 1.76. The van der Waals surface area contributed by atoms with E-state index in [0.29, 0.717) is 17.1 Å². The molecule has 5 heteroatoms. The Hall–Kier alpha value is -4.12. The van der Waals surface area contributed by atoms with Crippen LogP contribution < -0.4 is 9.64 Å². The molecule has 4 aromatic carbocycles. The van der Waals surface area contributed by atoms with Crippen LogP contribution in [0.1, 0.15) is 22.3 Å². The van der Waals surface area contributed by atoms with Gasteiger partial charge in [-0.25, -0.2) is 0 Å². The Morgan fingerprint density at radius 2 is 1.15 bits per heavy atom. The number of benzene rings is 4. The molecule has 0 atom stereocenters. The summed E-state index contributed by atoms with van der Waals surface area (Å²) >= 11 is 0. The fourth-order valence-corrected chi connectivity index (χ4v) is 3.83. The Bertz CT molecular complexity index is 1260. The molecule has 0 amide bonds. The molecule has 5 nitrogen and oxygen atoms in total. The van der Waals surface area contributed by atoms with E-state index in [9.17, 15) is 15.3 Å². The van der Waals surface area contributed by atoms with Crippen molar-refractivity contribution in [2.45, 2.75) is 27.7 Å². The lowest BCUT2D eigenvalue weighted by Crippen LogP contribution is -2.12. The molecule has 3 N–H and O–H groups in total. The van der Waals surface area contributed by atoms with E-state index in [2.05, 4.69) is 0 Å². The van der Waals surface area contributed by atoms with Crippen LogP contribution in [0, 0.1) is 27.7 Å². The normalized spacial score (nSPS) is 10.8. The van der Waals surface area contributed by atoms with Crippen molar-refractivity contribution in [3.8, 4) is 28.7 Å². The molecule has 0 fully saturated rings. The highest BCUT2D eigenvalue weighted by atomic mass is 16.5. The van der Waals surface area contributed by atoms with Crippen LogP contribution in [-0.2, 0) is 0 Å². The average molecular weight is 442 g/mol. The van der Waals surface area contributed by atoms with Crippen LogP contribution in [0.4, 0.5) is 17.1 Å². The summed E-state index contributed by atoms with van der Waals surface area (Å²) in [4.78, 5) is 2.00. The molecule has 0 aliphatic carbocycles. The number of phenolic OH excluding ortho intramolecular Hbond substituents is 3. The minimum Gasteiger partial charge on any atom is -0.508 e. The number of hydrogen-bond acceptors (Lipinski definition) is 5. The van der Waals surface area contributed by atoms with Crippen molar-refractivity contribution < 1.29 is 20.1 Å². The van der Waals surface area contributed by atoms with Gasteiger partial charge in [-0.05, 0) is 87.9 Å². The van der Waals surface area contributed by atoms with E-state index in [-0.39, 0.29) is 17.2 Å². The molecule has 0 unspecified atom stereocenters. The van der Waals surface area contributed by atoms with Gasteiger partial charge in [-0.15, -0.1) is 0 Å². The van der Waals surface area contributed by atoms with Crippen molar-refractivity contribution in [3.05, 3.63) is 95.1 Å². The maximum Gasteiger partial charge on any atom is 0.134 e. The third-order valence-electron chi connectivity index (χ3n) is 5.94. The van der Waals surface area contributed by atoms with Gasteiger partial charge in [0.25, 0.3) is 0 Å². The van der Waals surface area contributed by atoms with Gasteiger partial charge in [0.05, 0.1) is 11.4 Å². The summed E-state index contributed by atoms with van der Waals surface area (Å²) in [6, 6.07) is 22.0. The summed E-state index contributed by atoms with van der Waals surface area (Å²) in [6.07, 6.45) is 0. The standard InChI is InChI=1S/C28H27NO4/c1-17-11-16-27(20(4)28(17)32)33-22-14-12-21(13-15-22)29(23-7-5-9-25(30)18(23)2)24-8-6-10-26(31)19(24)3/h5-16,30-32H,1-4H3. The monoisotopic (exact) mass is 441 g/mol. The lowest BCUT2D eigenvalue weighted by Gasteiger charge is -2.29. The first kappa shape index (κ1) is 22.1. The van der Waals surface area contributed by atoms with Gasteiger partial charge in [-0.1, -0.05) is 18.2 Å². The van der Waals surface area contributed by atoms with Gasteiger partial charge in [0, 0.05) is 22.4 Å². The van der Waals surface area contributed by atoms with Gasteiger partial charge in [0.1, 0.15) is 28.7 Å². The zero-order chi connectivity index (χ0) is 23.7. The van der Waals surface area contributed by atoms with Crippen molar-refractivity contribution in [1.82, 2.24) is 0 Å². The number of aryl methyl sites for hydroxylation is 1. The summed E-state index contributed by atoms with van der Waals surface area (Å²) < 4.78 is 6.02. The fraction of sp³-hybridized carbons (Fsp3) is 0.143. The van der Waals surface area contributed by atoms with Crippen LogP contribution in [0.25, 0.3) is 0 Å².